The molecule has 1 heterocycles. The van der Waals surface area contributed by atoms with E-state index in [2.05, 4.69) is 10.1 Å². The van der Waals surface area contributed by atoms with Crippen LogP contribution in [0.4, 0.5) is 4.39 Å². The van der Waals surface area contributed by atoms with Gasteiger partial charge in [-0.15, -0.1) is 0 Å². The van der Waals surface area contributed by atoms with Crippen LogP contribution in [0.3, 0.4) is 0 Å². The van der Waals surface area contributed by atoms with Crippen molar-refractivity contribution in [2.24, 2.45) is 0 Å². The molecule has 0 unspecified atom stereocenters. The van der Waals surface area contributed by atoms with Crippen molar-refractivity contribution in [3.63, 3.8) is 0 Å². The molecule has 22 heavy (non-hydrogen) atoms. The van der Waals surface area contributed by atoms with Gasteiger partial charge in [-0.2, -0.15) is 4.98 Å². The van der Waals surface area contributed by atoms with Gasteiger partial charge in [0.15, 0.2) is 15.7 Å². The second-order valence-corrected chi connectivity index (χ2v) is 8.59. The number of sulfone groups is 1. The third-order valence-corrected chi connectivity index (χ3v) is 5.33. The second-order valence-electron chi connectivity index (χ2n) is 6.27. The zero-order valence-electron chi connectivity index (χ0n) is 13.0. The fraction of sp³-hybridized carbons (Fsp3) is 0.467. The van der Waals surface area contributed by atoms with Crippen LogP contribution in [0.2, 0.25) is 0 Å². The molecular formula is C15H19FN2O3S. The zero-order chi connectivity index (χ0) is 16.5. The quantitative estimate of drug-likeness (QED) is 0.863. The van der Waals surface area contributed by atoms with Gasteiger partial charge in [-0.3, -0.25) is 0 Å². The highest BCUT2D eigenvalue weighted by atomic mass is 32.2. The van der Waals surface area contributed by atoms with Crippen molar-refractivity contribution in [3.8, 4) is 0 Å². The highest BCUT2D eigenvalue weighted by Gasteiger charge is 2.27. The molecule has 0 radical (unpaired) electrons. The van der Waals surface area contributed by atoms with Crippen molar-refractivity contribution in [1.29, 1.82) is 0 Å². The first-order valence-electron chi connectivity index (χ1n) is 6.90. The van der Waals surface area contributed by atoms with E-state index >= 15 is 0 Å². The number of nitrogens with zero attached hydrogens (tertiary/aromatic N) is 2. The lowest BCUT2D eigenvalue weighted by atomic mass is 9.97. The summed E-state index contributed by atoms with van der Waals surface area (Å²) in [5.74, 6) is -0.183. The minimum absolute atomic E-state index is 0.138. The van der Waals surface area contributed by atoms with E-state index in [0.717, 1.165) is 0 Å². The van der Waals surface area contributed by atoms with E-state index in [1.807, 2.05) is 20.8 Å². The van der Waals surface area contributed by atoms with E-state index < -0.39 is 20.9 Å². The molecular weight excluding hydrogens is 307 g/mol. The molecule has 2 rings (SSSR count). The molecule has 5 nitrogen and oxygen atoms in total. The van der Waals surface area contributed by atoms with Gasteiger partial charge in [-0.05, 0) is 24.6 Å². The predicted octanol–water partition coefficient (Wildman–Crippen LogP) is 3.18. The summed E-state index contributed by atoms with van der Waals surface area (Å²) in [4.78, 5) is 4.14. The minimum Gasteiger partial charge on any atom is -0.339 e. The fourth-order valence-electron chi connectivity index (χ4n) is 1.86. The molecule has 0 saturated carbocycles. The fourth-order valence-corrected chi connectivity index (χ4v) is 3.16. The lowest BCUT2D eigenvalue weighted by Crippen LogP contribution is -2.15. The van der Waals surface area contributed by atoms with Crippen LogP contribution in [0.25, 0.3) is 0 Å². The minimum atomic E-state index is -3.52. The Bertz CT molecular complexity index is 746. The topological polar surface area (TPSA) is 73.1 Å². The SMILES string of the molecule is C[C@H](c1ccc(F)cc1)S(=O)(=O)Cc1noc(C(C)(C)C)n1. The zero-order valence-corrected chi connectivity index (χ0v) is 13.8. The van der Waals surface area contributed by atoms with Crippen LogP contribution in [0, 0.1) is 5.82 Å². The van der Waals surface area contributed by atoms with Gasteiger partial charge in [0.05, 0.1) is 5.25 Å². The molecule has 0 N–H and O–H groups in total. The molecule has 0 bridgehead atoms. The van der Waals surface area contributed by atoms with Crippen LogP contribution in [-0.2, 0) is 21.0 Å². The van der Waals surface area contributed by atoms with Crippen molar-refractivity contribution in [3.05, 3.63) is 47.4 Å². The Kier molecular flexibility index (Phi) is 4.37. The molecule has 0 aliphatic heterocycles. The highest BCUT2D eigenvalue weighted by Crippen LogP contribution is 2.26. The van der Waals surface area contributed by atoms with Gasteiger partial charge in [0.1, 0.15) is 11.6 Å². The number of rotatable bonds is 4. The lowest BCUT2D eigenvalue weighted by Gasteiger charge is -2.12. The third kappa shape index (κ3) is 3.71. The number of halogens is 1. The molecule has 7 heteroatoms. The van der Waals surface area contributed by atoms with E-state index in [-0.39, 0.29) is 17.0 Å². The molecule has 0 fully saturated rings. The molecule has 0 spiro atoms. The number of hydrogen-bond acceptors (Lipinski definition) is 5. The van der Waals surface area contributed by atoms with Crippen molar-refractivity contribution >= 4 is 9.84 Å². The van der Waals surface area contributed by atoms with Gasteiger partial charge in [0.2, 0.25) is 5.89 Å². The first kappa shape index (κ1) is 16.6. The van der Waals surface area contributed by atoms with Crippen molar-refractivity contribution in [2.75, 3.05) is 0 Å². The highest BCUT2D eigenvalue weighted by molar-refractivity contribution is 7.90. The summed E-state index contributed by atoms with van der Waals surface area (Å²) in [6.07, 6.45) is 0. The van der Waals surface area contributed by atoms with Gasteiger partial charge in [-0.25, -0.2) is 12.8 Å². The average Bonchev–Trinajstić information content (AvgIpc) is 2.86. The van der Waals surface area contributed by atoms with E-state index in [1.54, 1.807) is 6.92 Å². The van der Waals surface area contributed by atoms with Crippen LogP contribution in [-0.4, -0.2) is 18.6 Å². The molecule has 2 aromatic rings. The first-order chi connectivity index (χ1) is 10.1. The van der Waals surface area contributed by atoms with E-state index in [9.17, 15) is 12.8 Å². The Morgan fingerprint density at radius 3 is 2.32 bits per heavy atom. The Hall–Kier alpha value is -1.76. The predicted molar refractivity (Wildman–Crippen MR) is 80.4 cm³/mol. The summed E-state index contributed by atoms with van der Waals surface area (Å²) in [5.41, 5.74) is 0.193. The molecule has 1 aromatic heterocycles. The van der Waals surface area contributed by atoms with Crippen molar-refractivity contribution < 1.29 is 17.3 Å². The molecule has 0 aliphatic carbocycles. The normalized spacial score (nSPS) is 14.0. The van der Waals surface area contributed by atoms with Crippen LogP contribution in [0.1, 0.15) is 50.2 Å². The van der Waals surface area contributed by atoms with Crippen LogP contribution in [0.5, 0.6) is 0 Å². The summed E-state index contributed by atoms with van der Waals surface area (Å²) < 4.78 is 42.9. The molecule has 0 amide bonds. The summed E-state index contributed by atoms with van der Waals surface area (Å²) in [7, 11) is -3.52. The van der Waals surface area contributed by atoms with Gasteiger partial charge >= 0.3 is 0 Å². The average molecular weight is 326 g/mol. The van der Waals surface area contributed by atoms with Crippen LogP contribution < -0.4 is 0 Å². The second kappa shape index (κ2) is 5.79. The number of benzene rings is 1. The lowest BCUT2D eigenvalue weighted by molar-refractivity contribution is 0.319. The Morgan fingerprint density at radius 1 is 1.23 bits per heavy atom. The maximum absolute atomic E-state index is 12.9. The molecule has 1 atom stereocenters. The summed E-state index contributed by atoms with van der Waals surface area (Å²) in [5, 5.41) is 2.96. The maximum Gasteiger partial charge on any atom is 0.232 e. The van der Waals surface area contributed by atoms with Crippen LogP contribution >= 0.6 is 0 Å². The summed E-state index contributed by atoms with van der Waals surface area (Å²) >= 11 is 0. The Morgan fingerprint density at radius 2 is 1.82 bits per heavy atom. The Labute approximate surface area is 129 Å². The smallest absolute Gasteiger partial charge is 0.232 e. The van der Waals surface area contributed by atoms with E-state index in [1.165, 1.54) is 24.3 Å². The molecule has 1 aromatic carbocycles. The van der Waals surface area contributed by atoms with Gasteiger partial charge in [0, 0.05) is 5.41 Å². The standard InChI is InChI=1S/C15H19FN2O3S/c1-10(11-5-7-12(16)8-6-11)22(19,20)9-13-17-14(21-18-13)15(2,3)4/h5-8,10H,9H2,1-4H3/t10-/m1/s1. The largest absolute Gasteiger partial charge is 0.339 e. The van der Waals surface area contributed by atoms with Gasteiger partial charge < -0.3 is 4.52 Å². The third-order valence-electron chi connectivity index (χ3n) is 3.32. The Balaban J connectivity index is 2.20. The maximum atomic E-state index is 12.9. The molecule has 0 aliphatic rings. The molecule has 0 saturated heterocycles. The van der Waals surface area contributed by atoms with Crippen molar-refractivity contribution in [1.82, 2.24) is 10.1 Å². The first-order valence-corrected chi connectivity index (χ1v) is 8.61. The monoisotopic (exact) mass is 326 g/mol. The summed E-state index contributed by atoms with van der Waals surface area (Å²) in [6, 6.07) is 5.42. The van der Waals surface area contributed by atoms with E-state index in [0.29, 0.717) is 11.5 Å². The number of aromatic nitrogens is 2. The van der Waals surface area contributed by atoms with Gasteiger partial charge in [0.25, 0.3) is 0 Å². The number of hydrogen-bond donors (Lipinski definition) is 0. The summed E-state index contributed by atoms with van der Waals surface area (Å²) in [6.45, 7) is 7.27. The van der Waals surface area contributed by atoms with Crippen molar-refractivity contribution in [2.45, 2.75) is 44.1 Å². The van der Waals surface area contributed by atoms with Crippen LogP contribution in [0.15, 0.2) is 28.8 Å². The van der Waals surface area contributed by atoms with Gasteiger partial charge in [-0.1, -0.05) is 38.1 Å². The molecule has 120 valence electrons. The van der Waals surface area contributed by atoms with E-state index in [4.69, 9.17) is 4.52 Å².